The molecule has 0 amide bonds. The van der Waals surface area contributed by atoms with Gasteiger partial charge in [-0.1, -0.05) is 0 Å². The molecule has 25 heavy (non-hydrogen) atoms. The highest BCUT2D eigenvalue weighted by atomic mass is 16.5. The normalized spacial score (nSPS) is 10.3. The Morgan fingerprint density at radius 1 is 0.840 bits per heavy atom. The molecule has 2 aromatic rings. The van der Waals surface area contributed by atoms with Crippen molar-refractivity contribution in [1.29, 1.82) is 0 Å². The predicted molar refractivity (Wildman–Crippen MR) is 91.0 cm³/mol. The summed E-state index contributed by atoms with van der Waals surface area (Å²) in [5.41, 5.74) is 1.58. The maximum absolute atomic E-state index is 11.5. The maximum Gasteiger partial charge on any atom is 0.335 e. The first-order valence-corrected chi connectivity index (χ1v) is 7.36. The summed E-state index contributed by atoms with van der Waals surface area (Å²) in [6.07, 6.45) is 0. The molecule has 134 valence electrons. The molecule has 7 heteroatoms. The van der Waals surface area contributed by atoms with Crippen LogP contribution in [-0.4, -0.2) is 44.6 Å². The third kappa shape index (κ3) is 3.46. The Morgan fingerprint density at radius 2 is 1.36 bits per heavy atom. The van der Waals surface area contributed by atoms with E-state index in [1.165, 1.54) is 40.6 Å². The number of methoxy groups -OCH3 is 4. The summed E-state index contributed by atoms with van der Waals surface area (Å²) in [5, 5.41) is 18.9. The van der Waals surface area contributed by atoms with E-state index in [1.54, 1.807) is 12.1 Å². The third-order valence-corrected chi connectivity index (χ3v) is 3.74. The summed E-state index contributed by atoms with van der Waals surface area (Å²) in [6, 6.07) is 6.17. The number of hydrogen-bond donors (Lipinski definition) is 2. The second-order valence-corrected chi connectivity index (χ2v) is 5.10. The van der Waals surface area contributed by atoms with E-state index in [9.17, 15) is 15.0 Å². The van der Waals surface area contributed by atoms with Gasteiger partial charge in [-0.2, -0.15) is 0 Å². The number of aromatic carboxylic acids is 1. The summed E-state index contributed by atoms with van der Waals surface area (Å²) in [4.78, 5) is 11.5. The number of carboxylic acids is 1. The van der Waals surface area contributed by atoms with Crippen LogP contribution in [0.4, 0.5) is 0 Å². The Bertz CT molecular complexity index is 783. The second kappa shape index (κ2) is 7.76. The monoisotopic (exact) mass is 348 g/mol. The minimum absolute atomic E-state index is 0.0306. The molecule has 0 radical (unpaired) electrons. The maximum atomic E-state index is 11.5. The molecule has 2 rings (SSSR count). The Labute approximate surface area is 145 Å². The van der Waals surface area contributed by atoms with E-state index in [0.717, 1.165) is 0 Å². The molecule has 0 bridgehead atoms. The van der Waals surface area contributed by atoms with Crippen LogP contribution < -0.4 is 18.9 Å². The number of carbonyl (C=O) groups is 1. The summed E-state index contributed by atoms with van der Waals surface area (Å²) in [7, 11) is 5.84. The van der Waals surface area contributed by atoms with Gasteiger partial charge in [-0.15, -0.1) is 0 Å². The summed E-state index contributed by atoms with van der Waals surface area (Å²) in [6.45, 7) is -0.217. The Morgan fingerprint density at radius 3 is 1.80 bits per heavy atom. The molecule has 0 fully saturated rings. The summed E-state index contributed by atoms with van der Waals surface area (Å²) >= 11 is 0. The SMILES string of the molecule is COc1cc(CO)cc(-c2cc(C(=O)O)cc(OC)c2OC)c1OC. The molecular weight excluding hydrogens is 328 g/mol. The highest BCUT2D eigenvalue weighted by Gasteiger charge is 2.22. The van der Waals surface area contributed by atoms with Crippen molar-refractivity contribution < 1.29 is 34.0 Å². The molecule has 2 aromatic carbocycles. The van der Waals surface area contributed by atoms with E-state index in [0.29, 0.717) is 33.9 Å². The fraction of sp³-hybridized carbons (Fsp3) is 0.278. The van der Waals surface area contributed by atoms with Crippen molar-refractivity contribution in [3.05, 3.63) is 35.4 Å². The minimum Gasteiger partial charge on any atom is -0.493 e. The number of carboxylic acid groups (broad SMARTS) is 1. The van der Waals surface area contributed by atoms with Crippen LogP contribution in [0.1, 0.15) is 15.9 Å². The molecule has 0 saturated carbocycles. The highest BCUT2D eigenvalue weighted by Crippen LogP contribution is 2.46. The first kappa shape index (κ1) is 18.4. The van der Waals surface area contributed by atoms with E-state index < -0.39 is 5.97 Å². The fourth-order valence-electron chi connectivity index (χ4n) is 2.60. The van der Waals surface area contributed by atoms with Crippen LogP contribution in [0.5, 0.6) is 23.0 Å². The van der Waals surface area contributed by atoms with Crippen LogP contribution in [0.2, 0.25) is 0 Å². The van der Waals surface area contributed by atoms with E-state index in [4.69, 9.17) is 18.9 Å². The second-order valence-electron chi connectivity index (χ2n) is 5.10. The summed E-state index contributed by atoms with van der Waals surface area (Å²) in [5.74, 6) is 0.315. The first-order chi connectivity index (χ1) is 12.0. The number of aliphatic hydroxyl groups excluding tert-OH is 1. The van der Waals surface area contributed by atoms with Crippen molar-refractivity contribution in [1.82, 2.24) is 0 Å². The Kier molecular flexibility index (Phi) is 5.71. The average molecular weight is 348 g/mol. The van der Waals surface area contributed by atoms with Crippen LogP contribution in [0.25, 0.3) is 11.1 Å². The summed E-state index contributed by atoms with van der Waals surface area (Å²) < 4.78 is 21.5. The largest absolute Gasteiger partial charge is 0.493 e. The fourth-order valence-corrected chi connectivity index (χ4v) is 2.60. The molecule has 0 unspecified atom stereocenters. The molecule has 0 atom stereocenters. The first-order valence-electron chi connectivity index (χ1n) is 7.36. The quantitative estimate of drug-likeness (QED) is 0.794. The molecule has 0 spiro atoms. The Balaban J connectivity index is 2.88. The lowest BCUT2D eigenvalue weighted by Gasteiger charge is -2.18. The standard InChI is InChI=1S/C18H20O7/c1-22-14-6-10(9-19)5-12(16(14)24-3)13-7-11(18(20)21)8-15(23-2)17(13)25-4/h5-8,19H,9H2,1-4H3,(H,20,21). The van der Waals surface area contributed by atoms with E-state index in [1.807, 2.05) is 0 Å². The molecule has 0 aliphatic rings. The van der Waals surface area contributed by atoms with Crippen LogP contribution in [-0.2, 0) is 6.61 Å². The van der Waals surface area contributed by atoms with Crippen molar-refractivity contribution >= 4 is 5.97 Å². The van der Waals surface area contributed by atoms with Gasteiger partial charge in [0.2, 0.25) is 0 Å². The topological polar surface area (TPSA) is 94.5 Å². The molecule has 0 aliphatic heterocycles. The molecule has 0 heterocycles. The lowest BCUT2D eigenvalue weighted by atomic mass is 9.97. The molecule has 0 aliphatic carbocycles. The van der Waals surface area contributed by atoms with E-state index in [2.05, 4.69) is 0 Å². The molecule has 0 saturated heterocycles. The highest BCUT2D eigenvalue weighted by molar-refractivity contribution is 5.93. The number of hydrogen-bond acceptors (Lipinski definition) is 6. The lowest BCUT2D eigenvalue weighted by molar-refractivity contribution is 0.0696. The number of aliphatic hydroxyl groups is 1. The van der Waals surface area contributed by atoms with Crippen molar-refractivity contribution in [2.45, 2.75) is 6.61 Å². The lowest BCUT2D eigenvalue weighted by Crippen LogP contribution is -2.02. The number of benzene rings is 2. The van der Waals surface area contributed by atoms with Crippen molar-refractivity contribution in [3.63, 3.8) is 0 Å². The Hall–Kier alpha value is -2.93. The zero-order valence-electron chi connectivity index (χ0n) is 14.5. The van der Waals surface area contributed by atoms with Crippen LogP contribution in [0.15, 0.2) is 24.3 Å². The van der Waals surface area contributed by atoms with Gasteiger partial charge >= 0.3 is 5.97 Å². The van der Waals surface area contributed by atoms with Crippen LogP contribution in [0, 0.1) is 0 Å². The predicted octanol–water partition coefficient (Wildman–Crippen LogP) is 2.58. The smallest absolute Gasteiger partial charge is 0.335 e. The molecule has 0 aromatic heterocycles. The third-order valence-electron chi connectivity index (χ3n) is 3.74. The van der Waals surface area contributed by atoms with Gasteiger partial charge in [0, 0.05) is 11.1 Å². The zero-order chi connectivity index (χ0) is 18.6. The van der Waals surface area contributed by atoms with Gasteiger partial charge in [0.15, 0.2) is 23.0 Å². The van der Waals surface area contributed by atoms with E-state index in [-0.39, 0.29) is 17.9 Å². The van der Waals surface area contributed by atoms with E-state index >= 15 is 0 Å². The minimum atomic E-state index is -1.11. The van der Waals surface area contributed by atoms with Gasteiger partial charge in [0.1, 0.15) is 0 Å². The van der Waals surface area contributed by atoms with Crippen molar-refractivity contribution in [2.75, 3.05) is 28.4 Å². The number of ether oxygens (including phenoxy) is 4. The number of rotatable bonds is 7. The zero-order valence-corrected chi connectivity index (χ0v) is 14.5. The van der Waals surface area contributed by atoms with Gasteiger partial charge in [0.25, 0.3) is 0 Å². The van der Waals surface area contributed by atoms with Gasteiger partial charge in [0.05, 0.1) is 40.6 Å². The molecule has 7 nitrogen and oxygen atoms in total. The molecule has 2 N–H and O–H groups in total. The molecular formula is C18H20O7. The van der Waals surface area contributed by atoms with Crippen LogP contribution in [0.3, 0.4) is 0 Å². The van der Waals surface area contributed by atoms with Crippen LogP contribution >= 0.6 is 0 Å². The van der Waals surface area contributed by atoms with Gasteiger partial charge in [-0.05, 0) is 29.8 Å². The van der Waals surface area contributed by atoms with Gasteiger partial charge in [-0.25, -0.2) is 4.79 Å². The van der Waals surface area contributed by atoms with Crippen molar-refractivity contribution in [2.24, 2.45) is 0 Å². The van der Waals surface area contributed by atoms with Crippen molar-refractivity contribution in [3.8, 4) is 34.1 Å². The van der Waals surface area contributed by atoms with Gasteiger partial charge < -0.3 is 29.2 Å². The van der Waals surface area contributed by atoms with Gasteiger partial charge in [-0.3, -0.25) is 0 Å². The average Bonchev–Trinajstić information content (AvgIpc) is 2.65.